The molecule has 0 unspecified atom stereocenters. The molecular formula is C17H14Cl3N5O. The molecule has 3 rings (SSSR count). The highest BCUT2D eigenvalue weighted by molar-refractivity contribution is 6.43. The van der Waals surface area contributed by atoms with Crippen LogP contribution in [0.3, 0.4) is 0 Å². The van der Waals surface area contributed by atoms with Gasteiger partial charge in [-0.3, -0.25) is 0 Å². The zero-order chi connectivity index (χ0) is 18.7. The average molecular weight is 411 g/mol. The van der Waals surface area contributed by atoms with Gasteiger partial charge < -0.3 is 21.1 Å². The molecule has 0 atom stereocenters. The molecule has 0 amide bonds. The highest BCUT2D eigenvalue weighted by Crippen LogP contribution is 2.36. The van der Waals surface area contributed by atoms with Gasteiger partial charge in [0.15, 0.2) is 11.6 Å². The monoisotopic (exact) mass is 409 g/mol. The first-order chi connectivity index (χ1) is 12.5. The second kappa shape index (κ2) is 7.86. The van der Waals surface area contributed by atoms with Crippen molar-refractivity contribution < 1.29 is 4.74 Å². The average Bonchev–Trinajstić information content (AvgIpc) is 2.62. The van der Waals surface area contributed by atoms with Gasteiger partial charge >= 0.3 is 0 Å². The lowest BCUT2D eigenvalue weighted by Crippen LogP contribution is -2.06. The third kappa shape index (κ3) is 3.88. The van der Waals surface area contributed by atoms with Crippen molar-refractivity contribution in [3.63, 3.8) is 0 Å². The van der Waals surface area contributed by atoms with Crippen LogP contribution >= 0.6 is 34.8 Å². The van der Waals surface area contributed by atoms with Crippen LogP contribution in [-0.4, -0.2) is 17.1 Å². The van der Waals surface area contributed by atoms with Gasteiger partial charge in [-0.05, 0) is 30.3 Å². The van der Waals surface area contributed by atoms with Gasteiger partial charge in [0.25, 0.3) is 0 Å². The van der Waals surface area contributed by atoms with Gasteiger partial charge in [0, 0.05) is 5.02 Å². The van der Waals surface area contributed by atoms with Crippen LogP contribution in [0.2, 0.25) is 15.1 Å². The molecule has 6 nitrogen and oxygen atoms in total. The predicted octanol–water partition coefficient (Wildman–Crippen LogP) is 5.51. The van der Waals surface area contributed by atoms with E-state index in [1.165, 1.54) is 6.33 Å². The van der Waals surface area contributed by atoms with Crippen LogP contribution in [-0.2, 0) is 0 Å². The van der Waals surface area contributed by atoms with Crippen molar-refractivity contribution >= 4 is 63.5 Å². The second-order valence-corrected chi connectivity index (χ2v) is 6.40. The number of aromatic nitrogens is 2. The molecule has 0 saturated carbocycles. The first-order valence-electron chi connectivity index (χ1n) is 7.41. The standard InChI is InChI=1S/C17H14Cl3N5O/c1-26-13-6-5-9(18)7-12(13)25-17-15(21)16(22-8-23-17)24-11-4-2-3-10(19)14(11)20/h2-8H,21H2,1H3,(H2,22,23,24,25). The summed E-state index contributed by atoms with van der Waals surface area (Å²) in [7, 11) is 1.56. The molecule has 9 heteroatoms. The Kier molecular flexibility index (Phi) is 5.56. The van der Waals surface area contributed by atoms with E-state index in [0.717, 1.165) is 0 Å². The van der Waals surface area contributed by atoms with Crippen molar-refractivity contribution in [2.75, 3.05) is 23.5 Å². The van der Waals surface area contributed by atoms with Crippen LogP contribution < -0.4 is 21.1 Å². The largest absolute Gasteiger partial charge is 0.495 e. The molecule has 134 valence electrons. The summed E-state index contributed by atoms with van der Waals surface area (Å²) in [5.41, 5.74) is 7.70. The number of methoxy groups -OCH3 is 1. The van der Waals surface area contributed by atoms with Crippen molar-refractivity contribution in [1.29, 1.82) is 0 Å². The Morgan fingerprint density at radius 2 is 1.65 bits per heavy atom. The van der Waals surface area contributed by atoms with Gasteiger partial charge in [-0.2, -0.15) is 0 Å². The van der Waals surface area contributed by atoms with E-state index in [2.05, 4.69) is 20.6 Å². The van der Waals surface area contributed by atoms with Gasteiger partial charge in [-0.15, -0.1) is 0 Å². The number of hydrogen-bond donors (Lipinski definition) is 3. The molecule has 0 aliphatic heterocycles. The number of nitrogens with zero attached hydrogens (tertiary/aromatic N) is 2. The highest BCUT2D eigenvalue weighted by Gasteiger charge is 2.13. The van der Waals surface area contributed by atoms with E-state index < -0.39 is 0 Å². The molecule has 1 aromatic heterocycles. The zero-order valence-corrected chi connectivity index (χ0v) is 15.8. The van der Waals surface area contributed by atoms with Crippen LogP contribution in [0, 0.1) is 0 Å². The van der Waals surface area contributed by atoms with E-state index in [1.54, 1.807) is 43.5 Å². The maximum atomic E-state index is 6.20. The maximum absolute atomic E-state index is 6.20. The molecule has 4 N–H and O–H groups in total. The van der Waals surface area contributed by atoms with Gasteiger partial charge in [-0.1, -0.05) is 40.9 Å². The summed E-state index contributed by atoms with van der Waals surface area (Å²) in [6.07, 6.45) is 1.37. The molecule has 3 aromatic rings. The Bertz CT molecular complexity index is 952. The number of hydrogen-bond acceptors (Lipinski definition) is 6. The minimum Gasteiger partial charge on any atom is -0.495 e. The normalized spacial score (nSPS) is 10.5. The summed E-state index contributed by atoms with van der Waals surface area (Å²) >= 11 is 18.3. The van der Waals surface area contributed by atoms with E-state index in [1.807, 2.05) is 0 Å². The summed E-state index contributed by atoms with van der Waals surface area (Å²) in [4.78, 5) is 8.34. The number of nitrogens with one attached hydrogen (secondary N) is 2. The van der Waals surface area contributed by atoms with Gasteiger partial charge in [0.2, 0.25) is 0 Å². The number of ether oxygens (including phenoxy) is 1. The van der Waals surface area contributed by atoms with E-state index >= 15 is 0 Å². The van der Waals surface area contributed by atoms with E-state index in [4.69, 9.17) is 45.3 Å². The van der Waals surface area contributed by atoms with Crippen molar-refractivity contribution in [2.24, 2.45) is 0 Å². The molecule has 0 bridgehead atoms. The number of anilines is 5. The fraction of sp³-hybridized carbons (Fsp3) is 0.0588. The van der Waals surface area contributed by atoms with E-state index in [-0.39, 0.29) is 0 Å². The van der Waals surface area contributed by atoms with Crippen molar-refractivity contribution in [1.82, 2.24) is 9.97 Å². The smallest absolute Gasteiger partial charge is 0.159 e. The van der Waals surface area contributed by atoms with Crippen molar-refractivity contribution in [3.05, 3.63) is 57.8 Å². The lowest BCUT2D eigenvalue weighted by Gasteiger charge is -2.15. The zero-order valence-electron chi connectivity index (χ0n) is 13.6. The quantitative estimate of drug-likeness (QED) is 0.514. The molecule has 1 heterocycles. The topological polar surface area (TPSA) is 85.1 Å². The summed E-state index contributed by atoms with van der Waals surface area (Å²) in [6.45, 7) is 0. The van der Waals surface area contributed by atoms with Gasteiger partial charge in [0.1, 0.15) is 17.8 Å². The first-order valence-corrected chi connectivity index (χ1v) is 8.55. The Morgan fingerprint density at radius 1 is 0.962 bits per heavy atom. The van der Waals surface area contributed by atoms with Crippen LogP contribution in [0.1, 0.15) is 0 Å². The van der Waals surface area contributed by atoms with Crippen LogP contribution in [0.15, 0.2) is 42.7 Å². The molecule has 26 heavy (non-hydrogen) atoms. The summed E-state index contributed by atoms with van der Waals surface area (Å²) in [6, 6.07) is 10.4. The minimum absolute atomic E-state index is 0.297. The number of rotatable bonds is 5. The molecular weight excluding hydrogens is 397 g/mol. The summed E-state index contributed by atoms with van der Waals surface area (Å²) < 4.78 is 5.31. The van der Waals surface area contributed by atoms with E-state index in [9.17, 15) is 0 Å². The Morgan fingerprint density at radius 3 is 2.35 bits per heavy atom. The highest BCUT2D eigenvalue weighted by atomic mass is 35.5. The third-order valence-electron chi connectivity index (χ3n) is 3.50. The first kappa shape index (κ1) is 18.4. The molecule has 0 radical (unpaired) electrons. The lowest BCUT2D eigenvalue weighted by molar-refractivity contribution is 0.417. The van der Waals surface area contributed by atoms with Crippen molar-refractivity contribution in [2.45, 2.75) is 0 Å². The van der Waals surface area contributed by atoms with E-state index in [0.29, 0.717) is 49.5 Å². The molecule has 0 spiro atoms. The molecule has 0 saturated heterocycles. The molecule has 0 fully saturated rings. The third-order valence-corrected chi connectivity index (χ3v) is 4.56. The Balaban J connectivity index is 1.93. The lowest BCUT2D eigenvalue weighted by atomic mass is 10.2. The van der Waals surface area contributed by atoms with Crippen LogP contribution in [0.25, 0.3) is 0 Å². The Labute approximate surface area is 165 Å². The minimum atomic E-state index is 0.297. The number of benzene rings is 2. The SMILES string of the molecule is COc1ccc(Cl)cc1Nc1ncnc(Nc2cccc(Cl)c2Cl)c1N. The Hall–Kier alpha value is -2.41. The van der Waals surface area contributed by atoms with Crippen molar-refractivity contribution in [3.8, 4) is 5.75 Å². The van der Waals surface area contributed by atoms with Gasteiger partial charge in [0.05, 0.1) is 28.5 Å². The fourth-order valence-corrected chi connectivity index (χ4v) is 2.75. The summed E-state index contributed by atoms with van der Waals surface area (Å²) in [5.74, 6) is 1.37. The maximum Gasteiger partial charge on any atom is 0.159 e. The second-order valence-electron chi connectivity index (χ2n) is 5.18. The fourth-order valence-electron chi connectivity index (χ4n) is 2.23. The van der Waals surface area contributed by atoms with Gasteiger partial charge in [-0.25, -0.2) is 9.97 Å². The van der Waals surface area contributed by atoms with Crippen LogP contribution in [0.5, 0.6) is 5.75 Å². The number of nitrogens with two attached hydrogens (primary N) is 1. The molecule has 0 aliphatic rings. The predicted molar refractivity (Wildman–Crippen MR) is 107 cm³/mol. The molecule has 2 aromatic carbocycles. The summed E-state index contributed by atoms with van der Waals surface area (Å²) in [5, 5.41) is 7.50. The molecule has 0 aliphatic carbocycles. The van der Waals surface area contributed by atoms with Crippen LogP contribution in [0.4, 0.5) is 28.7 Å². The number of halogens is 3. The number of nitrogen functional groups attached to an aromatic ring is 1.